The van der Waals surface area contributed by atoms with Crippen LogP contribution in [-0.4, -0.2) is 6.43 Å². The Labute approximate surface area is 63.0 Å². The smallest absolute Gasteiger partial charge is 0.240 e. The number of nitrogens with two attached hydrogens (primary N) is 1. The van der Waals surface area contributed by atoms with E-state index in [1.165, 1.54) is 6.26 Å². The molecule has 2 nitrogen and oxygen atoms in total. The zero-order valence-electron chi connectivity index (χ0n) is 5.84. The van der Waals surface area contributed by atoms with Crippen LogP contribution in [0.5, 0.6) is 0 Å². The minimum Gasteiger partial charge on any atom is -0.468 e. The standard InChI is InChI=1S/C7H9F2NO/c8-7(9)4-5(10)6-2-1-3-11-6/h1-3,5,7H,4,10H2/t5-/m0/s1. The van der Waals surface area contributed by atoms with Crippen LogP contribution < -0.4 is 5.73 Å². The van der Waals surface area contributed by atoms with Crippen molar-refractivity contribution in [2.75, 3.05) is 0 Å². The van der Waals surface area contributed by atoms with Crippen LogP contribution in [0.4, 0.5) is 8.78 Å². The molecule has 62 valence electrons. The Kier molecular flexibility index (Phi) is 2.59. The fraction of sp³-hybridized carbons (Fsp3) is 0.429. The molecule has 0 amide bonds. The average Bonchev–Trinajstić information content (AvgIpc) is 2.35. The Morgan fingerprint density at radius 3 is 2.73 bits per heavy atom. The van der Waals surface area contributed by atoms with Gasteiger partial charge in [0.05, 0.1) is 12.3 Å². The van der Waals surface area contributed by atoms with Crippen LogP contribution >= 0.6 is 0 Å². The summed E-state index contributed by atoms with van der Waals surface area (Å²) in [6, 6.07) is 2.53. The second kappa shape index (κ2) is 3.48. The predicted octanol–water partition coefficient (Wildman–Crippen LogP) is 1.93. The van der Waals surface area contributed by atoms with Gasteiger partial charge in [-0.15, -0.1) is 0 Å². The lowest BCUT2D eigenvalue weighted by atomic mass is 10.2. The molecule has 0 aliphatic rings. The third kappa shape index (κ3) is 2.31. The maximum absolute atomic E-state index is 11.8. The van der Waals surface area contributed by atoms with Gasteiger partial charge in [-0.1, -0.05) is 0 Å². The quantitative estimate of drug-likeness (QED) is 0.735. The number of halogens is 2. The fourth-order valence-corrected chi connectivity index (χ4v) is 0.810. The molecule has 0 aliphatic heterocycles. The van der Waals surface area contributed by atoms with Gasteiger partial charge in [-0.2, -0.15) is 0 Å². The summed E-state index contributed by atoms with van der Waals surface area (Å²) in [5, 5.41) is 0. The molecule has 0 unspecified atom stereocenters. The molecule has 1 rings (SSSR count). The summed E-state index contributed by atoms with van der Waals surface area (Å²) in [7, 11) is 0. The summed E-state index contributed by atoms with van der Waals surface area (Å²) >= 11 is 0. The van der Waals surface area contributed by atoms with Gasteiger partial charge in [0.2, 0.25) is 6.43 Å². The largest absolute Gasteiger partial charge is 0.468 e. The first-order chi connectivity index (χ1) is 5.20. The summed E-state index contributed by atoms with van der Waals surface area (Å²) in [5.41, 5.74) is 5.37. The van der Waals surface area contributed by atoms with Gasteiger partial charge in [-0.3, -0.25) is 0 Å². The van der Waals surface area contributed by atoms with Gasteiger partial charge >= 0.3 is 0 Å². The number of hydrogen-bond donors (Lipinski definition) is 1. The van der Waals surface area contributed by atoms with Crippen molar-refractivity contribution in [3.05, 3.63) is 24.2 Å². The van der Waals surface area contributed by atoms with E-state index in [4.69, 9.17) is 10.2 Å². The molecule has 1 aromatic heterocycles. The van der Waals surface area contributed by atoms with Crippen LogP contribution in [0.15, 0.2) is 22.8 Å². The van der Waals surface area contributed by atoms with E-state index < -0.39 is 12.5 Å². The lowest BCUT2D eigenvalue weighted by Gasteiger charge is -2.06. The Morgan fingerprint density at radius 1 is 1.55 bits per heavy atom. The van der Waals surface area contributed by atoms with Crippen molar-refractivity contribution in [2.45, 2.75) is 18.9 Å². The number of rotatable bonds is 3. The van der Waals surface area contributed by atoms with E-state index in [1.54, 1.807) is 12.1 Å². The van der Waals surface area contributed by atoms with E-state index in [0.29, 0.717) is 5.76 Å². The Balaban J connectivity index is 2.49. The van der Waals surface area contributed by atoms with Crippen molar-refractivity contribution in [2.24, 2.45) is 5.73 Å². The molecule has 4 heteroatoms. The molecular weight excluding hydrogens is 152 g/mol. The van der Waals surface area contributed by atoms with E-state index >= 15 is 0 Å². The van der Waals surface area contributed by atoms with Gasteiger partial charge in [0.15, 0.2) is 0 Å². The van der Waals surface area contributed by atoms with Gasteiger partial charge in [-0.05, 0) is 12.1 Å². The zero-order chi connectivity index (χ0) is 8.27. The number of hydrogen-bond acceptors (Lipinski definition) is 2. The van der Waals surface area contributed by atoms with Crippen LogP contribution in [0.25, 0.3) is 0 Å². The van der Waals surface area contributed by atoms with E-state index in [9.17, 15) is 8.78 Å². The SMILES string of the molecule is N[C@@H](CC(F)F)c1ccco1. The van der Waals surface area contributed by atoms with E-state index in [1.807, 2.05) is 0 Å². The van der Waals surface area contributed by atoms with Crippen LogP contribution in [0.3, 0.4) is 0 Å². The van der Waals surface area contributed by atoms with Crippen molar-refractivity contribution >= 4 is 0 Å². The average molecular weight is 161 g/mol. The molecule has 1 atom stereocenters. The molecule has 2 N–H and O–H groups in total. The lowest BCUT2D eigenvalue weighted by Crippen LogP contribution is -2.12. The van der Waals surface area contributed by atoms with Crippen LogP contribution in [0.2, 0.25) is 0 Å². The first-order valence-corrected chi connectivity index (χ1v) is 3.27. The summed E-state index contributed by atoms with van der Waals surface area (Å²) in [5.74, 6) is 0.408. The molecule has 0 saturated carbocycles. The predicted molar refractivity (Wildman–Crippen MR) is 36.3 cm³/mol. The van der Waals surface area contributed by atoms with E-state index in [2.05, 4.69) is 0 Å². The van der Waals surface area contributed by atoms with Crippen molar-refractivity contribution in [3.8, 4) is 0 Å². The third-order valence-corrected chi connectivity index (χ3v) is 1.34. The highest BCUT2D eigenvalue weighted by Crippen LogP contribution is 2.17. The Morgan fingerprint density at radius 2 is 2.27 bits per heavy atom. The zero-order valence-corrected chi connectivity index (χ0v) is 5.84. The molecule has 0 aliphatic carbocycles. The highest BCUT2D eigenvalue weighted by Gasteiger charge is 2.14. The third-order valence-electron chi connectivity index (χ3n) is 1.34. The molecule has 0 spiro atoms. The maximum Gasteiger partial charge on any atom is 0.240 e. The van der Waals surface area contributed by atoms with Crippen LogP contribution in [-0.2, 0) is 0 Å². The monoisotopic (exact) mass is 161 g/mol. The molecule has 1 aromatic rings. The number of alkyl halides is 2. The molecule has 0 saturated heterocycles. The second-order valence-corrected chi connectivity index (χ2v) is 2.25. The Bertz CT molecular complexity index is 198. The van der Waals surface area contributed by atoms with E-state index in [-0.39, 0.29) is 6.42 Å². The highest BCUT2D eigenvalue weighted by molar-refractivity contribution is 5.03. The van der Waals surface area contributed by atoms with Crippen LogP contribution in [0, 0.1) is 0 Å². The first kappa shape index (κ1) is 8.20. The maximum atomic E-state index is 11.8. The van der Waals surface area contributed by atoms with Crippen LogP contribution in [0.1, 0.15) is 18.2 Å². The number of furan rings is 1. The van der Waals surface area contributed by atoms with Crippen molar-refractivity contribution in [1.29, 1.82) is 0 Å². The molecule has 0 fully saturated rings. The second-order valence-electron chi connectivity index (χ2n) is 2.25. The van der Waals surface area contributed by atoms with E-state index in [0.717, 1.165) is 0 Å². The van der Waals surface area contributed by atoms with Gasteiger partial charge in [0, 0.05) is 6.42 Å². The van der Waals surface area contributed by atoms with Gasteiger partial charge in [0.1, 0.15) is 5.76 Å². The summed E-state index contributed by atoms with van der Waals surface area (Å²) in [4.78, 5) is 0. The van der Waals surface area contributed by atoms with Crippen molar-refractivity contribution in [1.82, 2.24) is 0 Å². The molecule has 0 radical (unpaired) electrons. The summed E-state index contributed by atoms with van der Waals surface area (Å²) in [6.07, 6.45) is -1.32. The molecular formula is C7H9F2NO. The fourth-order valence-electron chi connectivity index (χ4n) is 0.810. The minimum absolute atomic E-state index is 0.354. The molecule has 11 heavy (non-hydrogen) atoms. The summed E-state index contributed by atoms with van der Waals surface area (Å²) in [6.45, 7) is 0. The molecule has 0 aromatic carbocycles. The minimum atomic E-state index is -2.38. The van der Waals surface area contributed by atoms with Gasteiger partial charge in [0.25, 0.3) is 0 Å². The van der Waals surface area contributed by atoms with Crippen molar-refractivity contribution < 1.29 is 13.2 Å². The van der Waals surface area contributed by atoms with Crippen molar-refractivity contribution in [3.63, 3.8) is 0 Å². The summed E-state index contributed by atoms with van der Waals surface area (Å²) < 4.78 is 28.3. The van der Waals surface area contributed by atoms with Gasteiger partial charge < -0.3 is 10.2 Å². The lowest BCUT2D eigenvalue weighted by molar-refractivity contribution is 0.125. The topological polar surface area (TPSA) is 39.2 Å². The van der Waals surface area contributed by atoms with Gasteiger partial charge in [-0.25, -0.2) is 8.78 Å². The molecule has 1 heterocycles. The first-order valence-electron chi connectivity index (χ1n) is 3.27. The highest BCUT2D eigenvalue weighted by atomic mass is 19.3. The molecule has 0 bridgehead atoms. The normalized spacial score (nSPS) is 13.8. The Hall–Kier alpha value is -0.900.